The minimum absolute atomic E-state index is 0.163. The molecule has 6 heteroatoms. The molecule has 0 aliphatic heterocycles. The van der Waals surface area contributed by atoms with Crippen LogP contribution in [0.2, 0.25) is 0 Å². The van der Waals surface area contributed by atoms with Crippen molar-refractivity contribution in [3.8, 4) is 5.75 Å². The first kappa shape index (κ1) is 11.7. The van der Waals surface area contributed by atoms with E-state index in [0.29, 0.717) is 11.4 Å². The molecule has 2 N–H and O–H groups in total. The van der Waals surface area contributed by atoms with Gasteiger partial charge in [-0.05, 0) is 31.2 Å². The highest BCUT2D eigenvalue weighted by atomic mass is 32.1. The maximum absolute atomic E-state index is 12.0. The van der Waals surface area contributed by atoms with Gasteiger partial charge in [-0.3, -0.25) is 9.20 Å². The average Bonchev–Trinajstić information content (AvgIpc) is 2.95. The number of phenols is 1. The number of fused-ring (bicyclic) bond motifs is 1. The molecule has 2 aromatic heterocycles. The fourth-order valence-corrected chi connectivity index (χ4v) is 2.59. The molecule has 0 atom stereocenters. The van der Waals surface area contributed by atoms with Gasteiger partial charge in [0, 0.05) is 23.0 Å². The molecule has 1 aromatic carbocycles. The first-order valence-electron chi connectivity index (χ1n) is 5.67. The second-order valence-electron chi connectivity index (χ2n) is 4.16. The summed E-state index contributed by atoms with van der Waals surface area (Å²) in [6, 6.07) is 6.31. The number of hydrogen-bond acceptors (Lipinski definition) is 4. The summed E-state index contributed by atoms with van der Waals surface area (Å²) >= 11 is 1.50. The van der Waals surface area contributed by atoms with Gasteiger partial charge < -0.3 is 10.4 Å². The fourth-order valence-electron chi connectivity index (χ4n) is 1.74. The van der Waals surface area contributed by atoms with Crippen molar-refractivity contribution in [2.75, 3.05) is 5.32 Å². The Kier molecular flexibility index (Phi) is 2.72. The number of carbonyl (C=O) groups excluding carboxylic acids is 1. The number of imidazole rings is 1. The van der Waals surface area contributed by atoms with Crippen molar-refractivity contribution < 1.29 is 9.90 Å². The van der Waals surface area contributed by atoms with Crippen LogP contribution in [0.1, 0.15) is 16.2 Å². The van der Waals surface area contributed by atoms with Gasteiger partial charge in [0.2, 0.25) is 0 Å². The molecule has 0 saturated heterocycles. The molecule has 1 amide bonds. The summed E-state index contributed by atoms with van der Waals surface area (Å²) in [6.07, 6.45) is 1.72. The predicted molar refractivity (Wildman–Crippen MR) is 73.9 cm³/mol. The number of thiazole rings is 1. The van der Waals surface area contributed by atoms with Gasteiger partial charge in [0.25, 0.3) is 5.91 Å². The molecular weight excluding hydrogens is 262 g/mol. The number of nitrogens with zero attached hydrogens (tertiary/aromatic N) is 2. The van der Waals surface area contributed by atoms with Gasteiger partial charge in [0.15, 0.2) is 4.96 Å². The molecule has 0 aliphatic rings. The van der Waals surface area contributed by atoms with E-state index in [1.54, 1.807) is 18.3 Å². The molecule has 96 valence electrons. The zero-order valence-electron chi connectivity index (χ0n) is 10.1. The van der Waals surface area contributed by atoms with Gasteiger partial charge in [0.05, 0.1) is 0 Å². The Hall–Kier alpha value is -2.34. The van der Waals surface area contributed by atoms with E-state index in [4.69, 9.17) is 0 Å². The van der Waals surface area contributed by atoms with Crippen LogP contribution in [-0.2, 0) is 0 Å². The van der Waals surface area contributed by atoms with Crippen molar-refractivity contribution in [3.63, 3.8) is 0 Å². The molecular formula is C13H11N3O2S. The zero-order chi connectivity index (χ0) is 13.4. The fraction of sp³-hybridized carbons (Fsp3) is 0.0769. The Labute approximate surface area is 113 Å². The smallest absolute Gasteiger partial charge is 0.275 e. The van der Waals surface area contributed by atoms with Gasteiger partial charge in [0.1, 0.15) is 11.4 Å². The number of phenolic OH excluding ortho intramolecular Hbond substituents is 1. The number of benzene rings is 1. The van der Waals surface area contributed by atoms with Crippen LogP contribution in [0.15, 0.2) is 35.8 Å². The van der Waals surface area contributed by atoms with Gasteiger partial charge in [-0.25, -0.2) is 4.98 Å². The lowest BCUT2D eigenvalue weighted by Crippen LogP contribution is -2.12. The number of carbonyl (C=O) groups is 1. The van der Waals surface area contributed by atoms with Crippen LogP contribution < -0.4 is 5.32 Å². The number of anilines is 1. The largest absolute Gasteiger partial charge is 0.508 e. The van der Waals surface area contributed by atoms with E-state index >= 15 is 0 Å². The van der Waals surface area contributed by atoms with Crippen molar-refractivity contribution in [3.05, 3.63) is 47.2 Å². The van der Waals surface area contributed by atoms with E-state index < -0.39 is 0 Å². The van der Waals surface area contributed by atoms with Gasteiger partial charge >= 0.3 is 0 Å². The number of amides is 1. The maximum Gasteiger partial charge on any atom is 0.275 e. The van der Waals surface area contributed by atoms with Crippen molar-refractivity contribution >= 4 is 27.9 Å². The molecule has 3 rings (SSSR count). The summed E-state index contributed by atoms with van der Waals surface area (Å²) in [6.45, 7) is 1.97. The monoisotopic (exact) mass is 273 g/mol. The van der Waals surface area contributed by atoms with E-state index in [1.807, 2.05) is 16.7 Å². The van der Waals surface area contributed by atoms with Crippen LogP contribution in [-0.4, -0.2) is 20.4 Å². The van der Waals surface area contributed by atoms with Crippen molar-refractivity contribution in [2.45, 2.75) is 6.92 Å². The summed E-state index contributed by atoms with van der Waals surface area (Å²) in [5, 5.41) is 13.9. The maximum atomic E-state index is 12.0. The lowest BCUT2D eigenvalue weighted by atomic mass is 10.3. The number of aromatic nitrogens is 2. The highest BCUT2D eigenvalue weighted by Crippen LogP contribution is 2.18. The second kappa shape index (κ2) is 4.40. The van der Waals surface area contributed by atoms with Crippen molar-refractivity contribution in [1.82, 2.24) is 9.38 Å². The van der Waals surface area contributed by atoms with Crippen LogP contribution in [0.25, 0.3) is 4.96 Å². The lowest BCUT2D eigenvalue weighted by molar-refractivity contribution is 0.102. The van der Waals surface area contributed by atoms with Crippen LogP contribution in [0.4, 0.5) is 5.69 Å². The van der Waals surface area contributed by atoms with Crippen molar-refractivity contribution in [2.24, 2.45) is 0 Å². The normalized spacial score (nSPS) is 10.8. The van der Waals surface area contributed by atoms with Gasteiger partial charge in [-0.1, -0.05) is 0 Å². The molecule has 5 nitrogen and oxygen atoms in total. The number of nitrogens with one attached hydrogen (secondary N) is 1. The molecule has 3 aromatic rings. The molecule has 0 saturated carbocycles. The Bertz CT molecular complexity index is 743. The third-order valence-electron chi connectivity index (χ3n) is 2.75. The minimum atomic E-state index is -0.263. The standard InChI is InChI=1S/C13H11N3O2S/c1-8-7-19-13-15-11(6-16(8)13)12(18)14-9-2-4-10(17)5-3-9/h2-7,17H,1H3,(H,14,18). The number of aryl methyl sites for hydroxylation is 1. The molecule has 0 unspecified atom stereocenters. The summed E-state index contributed by atoms with van der Waals surface area (Å²) in [5.41, 5.74) is 2.05. The molecule has 19 heavy (non-hydrogen) atoms. The highest BCUT2D eigenvalue weighted by Gasteiger charge is 2.12. The SMILES string of the molecule is Cc1csc2nc(C(=O)Nc3ccc(O)cc3)cn12. The first-order chi connectivity index (χ1) is 9.13. The third kappa shape index (κ3) is 2.17. The number of aromatic hydroxyl groups is 1. The number of rotatable bonds is 2. The van der Waals surface area contributed by atoms with Crippen LogP contribution in [0.5, 0.6) is 5.75 Å². The van der Waals surface area contributed by atoms with Gasteiger partial charge in [-0.15, -0.1) is 11.3 Å². The summed E-state index contributed by atoms with van der Waals surface area (Å²) in [5.74, 6) is -0.0999. The summed E-state index contributed by atoms with van der Waals surface area (Å²) in [4.78, 5) is 17.1. The minimum Gasteiger partial charge on any atom is -0.508 e. The second-order valence-corrected chi connectivity index (χ2v) is 4.99. The van der Waals surface area contributed by atoms with E-state index in [-0.39, 0.29) is 11.7 Å². The molecule has 0 spiro atoms. The van der Waals surface area contributed by atoms with Gasteiger partial charge in [-0.2, -0.15) is 0 Å². The van der Waals surface area contributed by atoms with Crippen LogP contribution >= 0.6 is 11.3 Å². The Morgan fingerprint density at radius 2 is 2.11 bits per heavy atom. The number of hydrogen-bond donors (Lipinski definition) is 2. The molecule has 0 radical (unpaired) electrons. The molecule has 2 heterocycles. The van der Waals surface area contributed by atoms with E-state index in [1.165, 1.54) is 23.5 Å². The van der Waals surface area contributed by atoms with Crippen LogP contribution in [0.3, 0.4) is 0 Å². The van der Waals surface area contributed by atoms with Crippen molar-refractivity contribution in [1.29, 1.82) is 0 Å². The molecule has 0 bridgehead atoms. The zero-order valence-corrected chi connectivity index (χ0v) is 10.9. The third-order valence-corrected chi connectivity index (χ3v) is 3.70. The highest BCUT2D eigenvalue weighted by molar-refractivity contribution is 7.15. The van der Waals surface area contributed by atoms with E-state index in [9.17, 15) is 9.90 Å². The summed E-state index contributed by atoms with van der Waals surface area (Å²) in [7, 11) is 0. The lowest BCUT2D eigenvalue weighted by Gasteiger charge is -2.02. The van der Waals surface area contributed by atoms with E-state index in [2.05, 4.69) is 10.3 Å². The Morgan fingerprint density at radius 1 is 1.37 bits per heavy atom. The summed E-state index contributed by atoms with van der Waals surface area (Å²) < 4.78 is 1.89. The molecule has 0 aliphatic carbocycles. The predicted octanol–water partition coefficient (Wildman–Crippen LogP) is 2.66. The van der Waals surface area contributed by atoms with Crippen LogP contribution in [0, 0.1) is 6.92 Å². The quantitative estimate of drug-likeness (QED) is 0.705. The van der Waals surface area contributed by atoms with E-state index in [0.717, 1.165) is 10.7 Å². The Balaban J connectivity index is 1.85. The topological polar surface area (TPSA) is 66.6 Å². The Morgan fingerprint density at radius 3 is 2.79 bits per heavy atom. The average molecular weight is 273 g/mol. The molecule has 0 fully saturated rings. The first-order valence-corrected chi connectivity index (χ1v) is 6.55.